The average molecular weight is 253 g/mol. The third-order valence-corrected chi connectivity index (χ3v) is 2.99. The number of halogens is 1. The first-order valence-corrected chi connectivity index (χ1v) is 6.14. The molecule has 1 aromatic carbocycles. The van der Waals surface area contributed by atoms with E-state index in [1.54, 1.807) is 0 Å². The van der Waals surface area contributed by atoms with E-state index in [1.165, 1.54) is 0 Å². The quantitative estimate of drug-likeness (QED) is 0.866. The summed E-state index contributed by atoms with van der Waals surface area (Å²) in [6, 6.07) is 7.47. The Kier molecular flexibility index (Phi) is 3.79. The molecule has 0 spiro atoms. The number of benzene rings is 1. The number of nitrogens with two attached hydrogens (primary N) is 1. The van der Waals surface area contributed by atoms with Crippen LogP contribution in [0.25, 0.3) is 0 Å². The molecule has 17 heavy (non-hydrogen) atoms. The van der Waals surface area contributed by atoms with Crippen LogP contribution >= 0.6 is 11.6 Å². The summed E-state index contributed by atoms with van der Waals surface area (Å²) in [7, 11) is 0. The van der Waals surface area contributed by atoms with Gasteiger partial charge in [-0.3, -0.25) is 0 Å². The monoisotopic (exact) mass is 252 g/mol. The second kappa shape index (κ2) is 5.32. The van der Waals surface area contributed by atoms with Crippen molar-refractivity contribution in [1.82, 2.24) is 5.32 Å². The zero-order valence-electron chi connectivity index (χ0n) is 9.82. The van der Waals surface area contributed by atoms with E-state index in [2.05, 4.69) is 18.3 Å². The average Bonchev–Trinajstić information content (AvgIpc) is 2.63. The van der Waals surface area contributed by atoms with Crippen molar-refractivity contribution in [1.29, 1.82) is 0 Å². The minimum atomic E-state index is 0.141. The zero-order valence-corrected chi connectivity index (χ0v) is 10.6. The van der Waals surface area contributed by atoms with Gasteiger partial charge in [0, 0.05) is 17.5 Å². The predicted molar refractivity (Wildman–Crippen MR) is 69.9 cm³/mol. The van der Waals surface area contributed by atoms with E-state index in [1.807, 2.05) is 24.3 Å². The van der Waals surface area contributed by atoms with Crippen LogP contribution in [-0.2, 0) is 0 Å². The highest BCUT2D eigenvalue weighted by Crippen LogP contribution is 2.21. The fraction of sp³-hybridized carbons (Fsp3) is 0.385. The molecule has 3 nitrogen and oxygen atoms in total. The van der Waals surface area contributed by atoms with Crippen LogP contribution in [0.1, 0.15) is 13.3 Å². The maximum Gasteiger partial charge on any atom is 0.121 e. The summed E-state index contributed by atoms with van der Waals surface area (Å²) in [6.07, 6.45) is 3.14. The molecule has 0 saturated carbocycles. The molecule has 0 radical (unpaired) electrons. The lowest BCUT2D eigenvalue weighted by atomic mass is 10.0. The Bertz CT molecular complexity index is 420. The lowest BCUT2D eigenvalue weighted by molar-refractivity contribution is 0.197. The molecule has 92 valence electrons. The normalized spacial score (nSPS) is 20.6. The summed E-state index contributed by atoms with van der Waals surface area (Å²) >= 11 is 5.90. The van der Waals surface area contributed by atoms with Crippen molar-refractivity contribution in [2.75, 3.05) is 6.54 Å². The minimum Gasteiger partial charge on any atom is -0.491 e. The van der Waals surface area contributed by atoms with Crippen LogP contribution in [0, 0.1) is 5.92 Å². The van der Waals surface area contributed by atoms with Crippen molar-refractivity contribution in [3.63, 3.8) is 0 Å². The van der Waals surface area contributed by atoms with Gasteiger partial charge in [-0.1, -0.05) is 17.7 Å². The Hall–Kier alpha value is -1.35. The van der Waals surface area contributed by atoms with E-state index in [0.717, 1.165) is 24.5 Å². The maximum atomic E-state index is 5.90. The highest BCUT2D eigenvalue weighted by molar-refractivity contribution is 6.30. The van der Waals surface area contributed by atoms with Crippen molar-refractivity contribution in [2.45, 2.75) is 19.4 Å². The van der Waals surface area contributed by atoms with Crippen molar-refractivity contribution >= 4 is 11.6 Å². The van der Waals surface area contributed by atoms with Gasteiger partial charge in [0.05, 0.1) is 11.9 Å². The SMILES string of the molecule is C[C@@H](C[C@H]1C=C(N)NC1)Oc1cccc(Cl)c1. The molecule has 0 unspecified atom stereocenters. The molecular formula is C13H17ClN2O. The fourth-order valence-corrected chi connectivity index (χ4v) is 2.20. The van der Waals surface area contributed by atoms with Gasteiger partial charge in [0.1, 0.15) is 5.75 Å². The van der Waals surface area contributed by atoms with Gasteiger partial charge in [0.2, 0.25) is 0 Å². The summed E-state index contributed by atoms with van der Waals surface area (Å²) in [5.74, 6) is 2.03. The number of hydrogen-bond donors (Lipinski definition) is 2. The lowest BCUT2D eigenvalue weighted by Gasteiger charge is -2.17. The molecule has 0 fully saturated rings. The van der Waals surface area contributed by atoms with E-state index in [-0.39, 0.29) is 6.10 Å². The van der Waals surface area contributed by atoms with E-state index in [0.29, 0.717) is 10.9 Å². The lowest BCUT2D eigenvalue weighted by Crippen LogP contribution is -2.20. The van der Waals surface area contributed by atoms with E-state index < -0.39 is 0 Å². The Morgan fingerprint density at radius 1 is 1.59 bits per heavy atom. The molecule has 0 saturated heterocycles. The van der Waals surface area contributed by atoms with Gasteiger partial charge >= 0.3 is 0 Å². The third-order valence-electron chi connectivity index (χ3n) is 2.75. The van der Waals surface area contributed by atoms with Gasteiger partial charge in [-0.05, 0) is 37.6 Å². The van der Waals surface area contributed by atoms with Crippen molar-refractivity contribution < 1.29 is 4.74 Å². The fourth-order valence-electron chi connectivity index (χ4n) is 2.02. The van der Waals surface area contributed by atoms with Gasteiger partial charge in [-0.25, -0.2) is 0 Å². The predicted octanol–water partition coefficient (Wildman–Crippen LogP) is 2.52. The molecule has 0 aromatic heterocycles. The van der Waals surface area contributed by atoms with E-state index >= 15 is 0 Å². The van der Waals surface area contributed by atoms with Gasteiger partial charge in [-0.2, -0.15) is 0 Å². The van der Waals surface area contributed by atoms with Crippen LogP contribution in [0.4, 0.5) is 0 Å². The van der Waals surface area contributed by atoms with Crippen LogP contribution in [0.5, 0.6) is 5.75 Å². The summed E-state index contributed by atoms with van der Waals surface area (Å²) in [6.45, 7) is 2.96. The standard InChI is InChI=1S/C13H17ClN2O/c1-9(5-10-6-13(15)16-8-10)17-12-4-2-3-11(14)7-12/h2-4,6-7,9-10,16H,5,8,15H2,1H3/t9-,10-/m0/s1. The molecule has 1 heterocycles. The maximum absolute atomic E-state index is 5.90. The number of nitrogens with one attached hydrogen (secondary N) is 1. The van der Waals surface area contributed by atoms with Crippen LogP contribution < -0.4 is 15.8 Å². The molecular weight excluding hydrogens is 236 g/mol. The van der Waals surface area contributed by atoms with Gasteiger partial charge < -0.3 is 15.8 Å². The van der Waals surface area contributed by atoms with Crippen molar-refractivity contribution in [2.24, 2.45) is 11.7 Å². The highest BCUT2D eigenvalue weighted by atomic mass is 35.5. The Morgan fingerprint density at radius 2 is 2.41 bits per heavy atom. The van der Waals surface area contributed by atoms with E-state index in [4.69, 9.17) is 22.1 Å². The molecule has 1 aromatic rings. The first kappa shape index (κ1) is 12.1. The smallest absolute Gasteiger partial charge is 0.121 e. The topological polar surface area (TPSA) is 47.3 Å². The minimum absolute atomic E-state index is 0.141. The molecule has 0 amide bonds. The van der Waals surface area contributed by atoms with Crippen molar-refractivity contribution in [3.8, 4) is 5.75 Å². The Labute approximate surface area is 107 Å². The van der Waals surface area contributed by atoms with Crippen LogP contribution in [0.3, 0.4) is 0 Å². The van der Waals surface area contributed by atoms with Crippen LogP contribution in [0.2, 0.25) is 5.02 Å². The molecule has 0 bridgehead atoms. The van der Waals surface area contributed by atoms with Crippen LogP contribution in [-0.4, -0.2) is 12.6 Å². The first-order chi connectivity index (χ1) is 8.13. The van der Waals surface area contributed by atoms with E-state index in [9.17, 15) is 0 Å². The number of ether oxygens (including phenoxy) is 1. The number of hydrogen-bond acceptors (Lipinski definition) is 3. The molecule has 3 N–H and O–H groups in total. The molecule has 4 heteroatoms. The van der Waals surface area contributed by atoms with Crippen molar-refractivity contribution in [3.05, 3.63) is 41.2 Å². The highest BCUT2D eigenvalue weighted by Gasteiger charge is 2.17. The molecule has 2 atom stereocenters. The first-order valence-electron chi connectivity index (χ1n) is 5.77. The Balaban J connectivity index is 1.87. The third kappa shape index (κ3) is 3.56. The summed E-state index contributed by atoms with van der Waals surface area (Å²) in [5.41, 5.74) is 5.67. The largest absolute Gasteiger partial charge is 0.491 e. The van der Waals surface area contributed by atoms with Gasteiger partial charge in [0.25, 0.3) is 0 Å². The molecule has 1 aliphatic rings. The zero-order chi connectivity index (χ0) is 12.3. The Morgan fingerprint density at radius 3 is 3.06 bits per heavy atom. The molecule has 0 aliphatic carbocycles. The summed E-state index contributed by atoms with van der Waals surface area (Å²) in [5, 5.41) is 3.81. The summed E-state index contributed by atoms with van der Waals surface area (Å²) < 4.78 is 5.81. The van der Waals surface area contributed by atoms with Crippen LogP contribution in [0.15, 0.2) is 36.2 Å². The molecule has 1 aliphatic heterocycles. The number of rotatable bonds is 4. The van der Waals surface area contributed by atoms with Gasteiger partial charge in [-0.15, -0.1) is 0 Å². The summed E-state index contributed by atoms with van der Waals surface area (Å²) in [4.78, 5) is 0. The van der Waals surface area contributed by atoms with Gasteiger partial charge in [0.15, 0.2) is 0 Å². The molecule has 2 rings (SSSR count). The second-order valence-electron chi connectivity index (χ2n) is 4.38. The second-order valence-corrected chi connectivity index (χ2v) is 4.82.